The minimum atomic E-state index is 0. The van der Waals surface area contributed by atoms with E-state index in [-0.39, 0.29) is 47.9 Å². The molecule has 162 valence electrons. The summed E-state index contributed by atoms with van der Waals surface area (Å²) in [5.41, 5.74) is 0. The van der Waals surface area contributed by atoms with Crippen LogP contribution >= 0.6 is 24.0 Å². The highest BCUT2D eigenvalue weighted by Gasteiger charge is 2.31. The first-order chi connectivity index (χ1) is 13.0. The molecule has 1 saturated heterocycles. The summed E-state index contributed by atoms with van der Waals surface area (Å²) in [5.74, 6) is 1.32. The van der Waals surface area contributed by atoms with Crippen molar-refractivity contribution < 1.29 is 9.59 Å². The number of hydrogen-bond acceptors (Lipinski definition) is 3. The Kier molecular flexibility index (Phi) is 11.8. The number of rotatable bonds is 7. The van der Waals surface area contributed by atoms with Gasteiger partial charge in [-0.25, -0.2) is 0 Å². The molecule has 2 amide bonds. The molecular weight excluding hydrogens is 469 g/mol. The van der Waals surface area contributed by atoms with Crippen molar-refractivity contribution in [2.45, 2.75) is 77.3 Å². The van der Waals surface area contributed by atoms with E-state index in [0.717, 1.165) is 38.8 Å². The maximum absolute atomic E-state index is 12.7. The van der Waals surface area contributed by atoms with Crippen molar-refractivity contribution in [2.75, 3.05) is 26.7 Å². The van der Waals surface area contributed by atoms with Gasteiger partial charge >= 0.3 is 0 Å². The maximum atomic E-state index is 12.7. The van der Waals surface area contributed by atoms with Crippen LogP contribution < -0.4 is 16.0 Å². The molecule has 0 radical (unpaired) electrons. The average molecular weight is 507 g/mol. The molecule has 0 bridgehead atoms. The fraction of sp³-hybridized carbons (Fsp3) is 0.850. The van der Waals surface area contributed by atoms with E-state index < -0.39 is 0 Å². The van der Waals surface area contributed by atoms with Crippen LogP contribution in [0.5, 0.6) is 0 Å². The van der Waals surface area contributed by atoms with Gasteiger partial charge in [-0.05, 0) is 32.6 Å². The SMILES string of the molecule is CCC(C)NC(=O)CCNC(=NC)NC1CCN(C(=O)C2CCCCC2)C1.I. The zero-order chi connectivity index (χ0) is 19.6. The minimum absolute atomic E-state index is 0. The molecule has 8 heteroatoms. The number of carbonyl (C=O) groups excluding carboxylic acids is 2. The van der Waals surface area contributed by atoms with Gasteiger partial charge in [-0.15, -0.1) is 24.0 Å². The Labute approximate surface area is 186 Å². The van der Waals surface area contributed by atoms with Gasteiger partial charge < -0.3 is 20.9 Å². The van der Waals surface area contributed by atoms with Gasteiger partial charge in [0.2, 0.25) is 11.8 Å². The molecule has 0 aromatic heterocycles. The van der Waals surface area contributed by atoms with Gasteiger partial charge in [-0.3, -0.25) is 14.6 Å². The van der Waals surface area contributed by atoms with Crippen LogP contribution in [0.15, 0.2) is 4.99 Å². The van der Waals surface area contributed by atoms with E-state index >= 15 is 0 Å². The first kappa shape index (κ1) is 25.0. The highest BCUT2D eigenvalue weighted by atomic mass is 127. The lowest BCUT2D eigenvalue weighted by molar-refractivity contribution is -0.135. The first-order valence-corrected chi connectivity index (χ1v) is 10.6. The zero-order valence-electron chi connectivity index (χ0n) is 17.6. The van der Waals surface area contributed by atoms with Crippen molar-refractivity contribution in [2.24, 2.45) is 10.9 Å². The Morgan fingerprint density at radius 2 is 1.89 bits per heavy atom. The van der Waals surface area contributed by atoms with Crippen molar-refractivity contribution in [1.82, 2.24) is 20.9 Å². The molecule has 2 fully saturated rings. The standard InChI is InChI=1S/C20H37N5O2.HI/c1-4-15(2)23-18(26)10-12-22-20(21-3)24-17-11-13-25(14-17)19(27)16-8-6-5-7-9-16;/h15-17H,4-14H2,1-3H3,(H,23,26)(H2,21,22,24);1H. The monoisotopic (exact) mass is 507 g/mol. The van der Waals surface area contributed by atoms with Crippen molar-refractivity contribution in [3.63, 3.8) is 0 Å². The third-order valence-corrected chi connectivity index (χ3v) is 5.68. The summed E-state index contributed by atoms with van der Waals surface area (Å²) in [6.07, 6.45) is 8.03. The summed E-state index contributed by atoms with van der Waals surface area (Å²) >= 11 is 0. The zero-order valence-corrected chi connectivity index (χ0v) is 20.0. The Hall–Kier alpha value is -1.06. The molecule has 3 N–H and O–H groups in total. The predicted octanol–water partition coefficient (Wildman–Crippen LogP) is 2.26. The van der Waals surface area contributed by atoms with E-state index in [1.54, 1.807) is 7.05 Å². The van der Waals surface area contributed by atoms with Crippen molar-refractivity contribution in [3.05, 3.63) is 0 Å². The molecule has 2 rings (SSSR count). The van der Waals surface area contributed by atoms with Gasteiger partial charge in [0.15, 0.2) is 5.96 Å². The van der Waals surface area contributed by atoms with Gasteiger partial charge in [0.25, 0.3) is 0 Å². The number of hydrogen-bond donors (Lipinski definition) is 3. The summed E-state index contributed by atoms with van der Waals surface area (Å²) in [5, 5.41) is 9.55. The second kappa shape index (κ2) is 13.2. The van der Waals surface area contributed by atoms with E-state index in [2.05, 4.69) is 27.9 Å². The minimum Gasteiger partial charge on any atom is -0.356 e. The van der Waals surface area contributed by atoms with Crippen molar-refractivity contribution >= 4 is 41.8 Å². The van der Waals surface area contributed by atoms with Gasteiger partial charge in [0.1, 0.15) is 0 Å². The fourth-order valence-corrected chi connectivity index (χ4v) is 3.82. The van der Waals surface area contributed by atoms with E-state index in [4.69, 9.17) is 0 Å². The van der Waals surface area contributed by atoms with Crippen LogP contribution in [0.2, 0.25) is 0 Å². The summed E-state index contributed by atoms with van der Waals surface area (Å²) in [6.45, 7) is 6.16. The Balaban J connectivity index is 0.00000392. The molecule has 2 atom stereocenters. The Morgan fingerprint density at radius 3 is 2.54 bits per heavy atom. The molecule has 1 aliphatic heterocycles. The summed E-state index contributed by atoms with van der Waals surface area (Å²) in [6, 6.07) is 0.429. The molecule has 2 aliphatic rings. The maximum Gasteiger partial charge on any atom is 0.225 e. The van der Waals surface area contributed by atoms with Gasteiger partial charge in [-0.1, -0.05) is 26.2 Å². The van der Waals surface area contributed by atoms with Gasteiger partial charge in [-0.2, -0.15) is 0 Å². The quantitative estimate of drug-likeness (QED) is 0.281. The topological polar surface area (TPSA) is 85.8 Å². The third kappa shape index (κ3) is 8.13. The molecule has 0 aromatic carbocycles. The van der Waals surface area contributed by atoms with E-state index in [0.29, 0.717) is 24.8 Å². The van der Waals surface area contributed by atoms with Crippen LogP contribution in [0, 0.1) is 5.92 Å². The first-order valence-electron chi connectivity index (χ1n) is 10.6. The summed E-state index contributed by atoms with van der Waals surface area (Å²) in [4.78, 5) is 30.8. The smallest absolute Gasteiger partial charge is 0.225 e. The normalized spacial score (nSPS) is 21.6. The predicted molar refractivity (Wildman–Crippen MR) is 124 cm³/mol. The third-order valence-electron chi connectivity index (χ3n) is 5.68. The largest absolute Gasteiger partial charge is 0.356 e. The van der Waals surface area contributed by atoms with Crippen LogP contribution in [0.1, 0.15) is 65.2 Å². The molecule has 0 spiro atoms. The number of nitrogens with one attached hydrogen (secondary N) is 3. The number of carbonyl (C=O) groups is 2. The lowest BCUT2D eigenvalue weighted by Crippen LogP contribution is -2.46. The van der Waals surface area contributed by atoms with Crippen molar-refractivity contribution in [3.8, 4) is 0 Å². The van der Waals surface area contributed by atoms with Crippen LogP contribution in [0.4, 0.5) is 0 Å². The van der Waals surface area contributed by atoms with Crippen LogP contribution in [-0.2, 0) is 9.59 Å². The lowest BCUT2D eigenvalue weighted by atomic mass is 9.88. The molecule has 0 aromatic rings. The van der Waals surface area contributed by atoms with E-state index in [1.165, 1.54) is 19.3 Å². The highest BCUT2D eigenvalue weighted by molar-refractivity contribution is 14.0. The van der Waals surface area contributed by atoms with E-state index in [1.807, 2.05) is 11.8 Å². The number of nitrogens with zero attached hydrogens (tertiary/aromatic N) is 2. The Bertz CT molecular complexity index is 523. The molecule has 28 heavy (non-hydrogen) atoms. The molecule has 1 saturated carbocycles. The second-order valence-corrected chi connectivity index (χ2v) is 7.87. The number of aliphatic imine (C=N–C) groups is 1. The average Bonchev–Trinajstić information content (AvgIpc) is 3.15. The highest BCUT2D eigenvalue weighted by Crippen LogP contribution is 2.26. The van der Waals surface area contributed by atoms with Gasteiger partial charge in [0, 0.05) is 51.1 Å². The molecule has 7 nitrogen and oxygen atoms in total. The fourth-order valence-electron chi connectivity index (χ4n) is 3.82. The summed E-state index contributed by atoms with van der Waals surface area (Å²) in [7, 11) is 1.73. The Morgan fingerprint density at radius 1 is 1.18 bits per heavy atom. The molecule has 2 unspecified atom stereocenters. The number of amides is 2. The lowest BCUT2D eigenvalue weighted by Gasteiger charge is -2.26. The number of likely N-dealkylation sites (tertiary alicyclic amines) is 1. The molecular formula is C20H38IN5O2. The van der Waals surface area contributed by atoms with E-state index in [9.17, 15) is 9.59 Å². The number of guanidine groups is 1. The van der Waals surface area contributed by atoms with Crippen LogP contribution in [0.25, 0.3) is 0 Å². The van der Waals surface area contributed by atoms with Crippen LogP contribution in [0.3, 0.4) is 0 Å². The number of halogens is 1. The second-order valence-electron chi connectivity index (χ2n) is 7.87. The van der Waals surface area contributed by atoms with Crippen molar-refractivity contribution in [1.29, 1.82) is 0 Å². The van der Waals surface area contributed by atoms with Gasteiger partial charge in [0.05, 0.1) is 0 Å². The molecule has 1 heterocycles. The summed E-state index contributed by atoms with van der Waals surface area (Å²) < 4.78 is 0. The van der Waals surface area contributed by atoms with Crippen LogP contribution in [-0.4, -0.2) is 61.4 Å². The molecule has 1 aliphatic carbocycles.